The van der Waals surface area contributed by atoms with Gasteiger partial charge in [-0.1, -0.05) is 24.3 Å². The highest BCUT2D eigenvalue weighted by Crippen LogP contribution is 2.16. The van der Waals surface area contributed by atoms with Gasteiger partial charge in [-0.15, -0.1) is 0 Å². The van der Waals surface area contributed by atoms with Gasteiger partial charge in [-0.25, -0.2) is 9.37 Å². The number of halogens is 1. The minimum absolute atomic E-state index is 0.308. The summed E-state index contributed by atoms with van der Waals surface area (Å²) in [6.07, 6.45) is 2.63. The second-order valence-corrected chi connectivity index (χ2v) is 4.56. The first-order valence-electron chi connectivity index (χ1n) is 6.62. The highest BCUT2D eigenvalue weighted by molar-refractivity contribution is 5.74. The number of rotatable bonds is 5. The van der Waals surface area contributed by atoms with Crippen LogP contribution in [0.15, 0.2) is 54.9 Å². The lowest BCUT2D eigenvalue weighted by atomic mass is 10.3. The molecule has 0 amide bonds. The fraction of sp³-hybridized carbons (Fsp3) is 0.188. The van der Waals surface area contributed by atoms with E-state index in [1.807, 2.05) is 30.6 Å². The molecule has 0 atom stereocenters. The van der Waals surface area contributed by atoms with E-state index in [1.165, 1.54) is 6.07 Å². The number of nitrogens with zero attached hydrogens (tertiary/aromatic N) is 2. The molecule has 0 aliphatic carbocycles. The summed E-state index contributed by atoms with van der Waals surface area (Å²) in [5.41, 5.74) is 2.10. The quantitative estimate of drug-likeness (QED) is 0.662. The average Bonchev–Trinajstić information content (AvgIpc) is 2.89. The van der Waals surface area contributed by atoms with Crippen molar-refractivity contribution in [2.24, 2.45) is 0 Å². The maximum atomic E-state index is 13.4. The van der Waals surface area contributed by atoms with Crippen LogP contribution < -0.4 is 4.74 Å². The van der Waals surface area contributed by atoms with Crippen molar-refractivity contribution in [1.82, 2.24) is 9.55 Å². The highest BCUT2D eigenvalue weighted by Gasteiger charge is 2.03. The van der Waals surface area contributed by atoms with E-state index < -0.39 is 0 Å². The van der Waals surface area contributed by atoms with E-state index in [2.05, 4.69) is 9.55 Å². The van der Waals surface area contributed by atoms with Crippen LogP contribution >= 0.6 is 0 Å². The van der Waals surface area contributed by atoms with Gasteiger partial charge < -0.3 is 9.30 Å². The van der Waals surface area contributed by atoms with Crippen LogP contribution in [-0.2, 0) is 6.54 Å². The van der Waals surface area contributed by atoms with E-state index in [0.29, 0.717) is 12.4 Å². The molecule has 0 aliphatic rings. The number of hydrogen-bond donors (Lipinski definition) is 0. The average molecular weight is 270 g/mol. The van der Waals surface area contributed by atoms with Gasteiger partial charge in [0.15, 0.2) is 11.6 Å². The van der Waals surface area contributed by atoms with Crippen LogP contribution in [0.4, 0.5) is 4.39 Å². The molecular weight excluding hydrogens is 255 g/mol. The van der Waals surface area contributed by atoms with E-state index in [9.17, 15) is 4.39 Å². The van der Waals surface area contributed by atoms with Crippen molar-refractivity contribution in [1.29, 1.82) is 0 Å². The third-order valence-corrected chi connectivity index (χ3v) is 3.16. The molecule has 0 fully saturated rings. The Hall–Kier alpha value is -2.36. The van der Waals surface area contributed by atoms with E-state index in [1.54, 1.807) is 18.2 Å². The summed E-state index contributed by atoms with van der Waals surface area (Å²) in [6, 6.07) is 14.5. The number of aryl methyl sites for hydroxylation is 1. The second-order valence-electron chi connectivity index (χ2n) is 4.56. The molecule has 0 aliphatic heterocycles. The first kappa shape index (κ1) is 12.7. The summed E-state index contributed by atoms with van der Waals surface area (Å²) >= 11 is 0. The minimum Gasteiger partial charge on any atom is -0.490 e. The summed E-state index contributed by atoms with van der Waals surface area (Å²) < 4.78 is 20.9. The summed E-state index contributed by atoms with van der Waals surface area (Å²) in [6.45, 7) is 1.28. The SMILES string of the molecule is Fc1ccccc1OCCCn1cnc2ccccc21. The van der Waals surface area contributed by atoms with Gasteiger partial charge in [0.1, 0.15) is 0 Å². The number of fused-ring (bicyclic) bond motifs is 1. The lowest BCUT2D eigenvalue weighted by Gasteiger charge is -2.08. The van der Waals surface area contributed by atoms with Gasteiger partial charge in [0.25, 0.3) is 0 Å². The van der Waals surface area contributed by atoms with E-state index >= 15 is 0 Å². The Kier molecular flexibility index (Phi) is 3.63. The van der Waals surface area contributed by atoms with Crippen LogP contribution in [0.25, 0.3) is 11.0 Å². The van der Waals surface area contributed by atoms with Crippen molar-refractivity contribution in [2.75, 3.05) is 6.61 Å². The predicted octanol–water partition coefficient (Wildman–Crippen LogP) is 3.64. The molecule has 3 nitrogen and oxygen atoms in total. The van der Waals surface area contributed by atoms with Crippen molar-refractivity contribution in [3.05, 3.63) is 60.7 Å². The fourth-order valence-electron chi connectivity index (χ4n) is 2.17. The normalized spacial score (nSPS) is 10.8. The molecule has 1 aromatic heterocycles. The number of imidazole rings is 1. The first-order chi connectivity index (χ1) is 9.84. The van der Waals surface area contributed by atoms with Crippen LogP contribution in [0.3, 0.4) is 0 Å². The molecule has 2 aromatic carbocycles. The number of hydrogen-bond acceptors (Lipinski definition) is 2. The van der Waals surface area contributed by atoms with E-state index in [4.69, 9.17) is 4.74 Å². The largest absolute Gasteiger partial charge is 0.490 e. The molecule has 0 N–H and O–H groups in total. The molecule has 102 valence electrons. The van der Waals surface area contributed by atoms with E-state index in [0.717, 1.165) is 24.0 Å². The molecule has 0 saturated carbocycles. The second kappa shape index (κ2) is 5.74. The van der Waals surface area contributed by atoms with Crippen molar-refractivity contribution in [2.45, 2.75) is 13.0 Å². The zero-order valence-corrected chi connectivity index (χ0v) is 11.0. The summed E-state index contributed by atoms with van der Waals surface area (Å²) in [4.78, 5) is 4.33. The van der Waals surface area contributed by atoms with Gasteiger partial charge >= 0.3 is 0 Å². The zero-order chi connectivity index (χ0) is 13.8. The molecule has 1 heterocycles. The molecule has 0 spiro atoms. The van der Waals surface area contributed by atoms with Crippen molar-refractivity contribution in [3.63, 3.8) is 0 Å². The van der Waals surface area contributed by atoms with Crippen LogP contribution in [0.5, 0.6) is 5.75 Å². The molecule has 3 aromatic rings. The Labute approximate surface area is 116 Å². The third kappa shape index (κ3) is 2.64. The van der Waals surface area contributed by atoms with Crippen LogP contribution in [0, 0.1) is 5.82 Å². The van der Waals surface area contributed by atoms with Gasteiger partial charge in [-0.05, 0) is 30.7 Å². The Balaban J connectivity index is 1.57. The monoisotopic (exact) mass is 270 g/mol. The zero-order valence-electron chi connectivity index (χ0n) is 11.0. The summed E-state index contributed by atoms with van der Waals surface area (Å²) in [5, 5.41) is 0. The Morgan fingerprint density at radius 3 is 2.75 bits per heavy atom. The number of benzene rings is 2. The van der Waals surface area contributed by atoms with Crippen molar-refractivity contribution < 1.29 is 9.13 Å². The van der Waals surface area contributed by atoms with Gasteiger partial charge in [0.05, 0.1) is 24.0 Å². The molecule has 0 bridgehead atoms. The van der Waals surface area contributed by atoms with Crippen molar-refractivity contribution in [3.8, 4) is 5.75 Å². The Morgan fingerprint density at radius 1 is 1.05 bits per heavy atom. The minimum atomic E-state index is -0.319. The Morgan fingerprint density at radius 2 is 1.85 bits per heavy atom. The maximum Gasteiger partial charge on any atom is 0.165 e. The molecule has 4 heteroatoms. The highest BCUT2D eigenvalue weighted by atomic mass is 19.1. The van der Waals surface area contributed by atoms with Gasteiger partial charge in [-0.2, -0.15) is 0 Å². The smallest absolute Gasteiger partial charge is 0.165 e. The number of ether oxygens (including phenoxy) is 1. The topological polar surface area (TPSA) is 27.1 Å². The van der Waals surface area contributed by atoms with Gasteiger partial charge in [0.2, 0.25) is 0 Å². The number of aromatic nitrogens is 2. The summed E-state index contributed by atoms with van der Waals surface area (Å²) in [7, 11) is 0. The van der Waals surface area contributed by atoms with Gasteiger partial charge in [-0.3, -0.25) is 0 Å². The fourth-order valence-corrected chi connectivity index (χ4v) is 2.17. The lowest BCUT2D eigenvalue weighted by molar-refractivity contribution is 0.288. The first-order valence-corrected chi connectivity index (χ1v) is 6.62. The molecule has 0 saturated heterocycles. The standard InChI is InChI=1S/C16H15FN2O/c17-13-6-1-4-9-16(13)20-11-5-10-19-12-18-14-7-2-3-8-15(14)19/h1-4,6-9,12H,5,10-11H2. The number of para-hydroxylation sites is 3. The molecular formula is C16H15FN2O. The van der Waals surface area contributed by atoms with Crippen molar-refractivity contribution >= 4 is 11.0 Å². The molecule has 0 unspecified atom stereocenters. The van der Waals surface area contributed by atoms with Crippen LogP contribution in [-0.4, -0.2) is 16.2 Å². The predicted molar refractivity (Wildman–Crippen MR) is 76.2 cm³/mol. The van der Waals surface area contributed by atoms with E-state index in [-0.39, 0.29) is 5.82 Å². The Bertz CT molecular complexity index is 708. The molecule has 0 radical (unpaired) electrons. The van der Waals surface area contributed by atoms with Gasteiger partial charge in [0, 0.05) is 6.54 Å². The van der Waals surface area contributed by atoms with Crippen LogP contribution in [0.2, 0.25) is 0 Å². The molecule has 20 heavy (non-hydrogen) atoms. The molecule has 3 rings (SSSR count). The van der Waals surface area contributed by atoms with Crippen LogP contribution in [0.1, 0.15) is 6.42 Å². The maximum absolute atomic E-state index is 13.4. The third-order valence-electron chi connectivity index (χ3n) is 3.16. The lowest BCUT2D eigenvalue weighted by Crippen LogP contribution is -2.04. The summed E-state index contributed by atoms with van der Waals surface area (Å²) in [5.74, 6) is -0.0106.